The van der Waals surface area contributed by atoms with Gasteiger partial charge in [0.15, 0.2) is 0 Å². The summed E-state index contributed by atoms with van der Waals surface area (Å²) in [4.78, 5) is 2.55. The molecule has 2 aliphatic heterocycles. The van der Waals surface area contributed by atoms with Gasteiger partial charge in [-0.3, -0.25) is 0 Å². The Morgan fingerprint density at radius 3 is 1.73 bits per heavy atom. The number of hydrogen-bond donors (Lipinski definition) is 0. The van der Waals surface area contributed by atoms with Gasteiger partial charge in [-0.2, -0.15) is 0 Å². The lowest BCUT2D eigenvalue weighted by molar-refractivity contribution is 1.25. The van der Waals surface area contributed by atoms with Gasteiger partial charge in [0.25, 0.3) is 0 Å². The minimum absolute atomic E-state index is 0.0602. The first kappa shape index (κ1) is 24.6. The van der Waals surface area contributed by atoms with Crippen LogP contribution in [0, 0.1) is 0 Å². The number of nitrogens with zero attached hydrogens (tertiary/aromatic N) is 2. The van der Waals surface area contributed by atoms with Gasteiger partial charge >= 0.3 is 6.85 Å². The highest BCUT2D eigenvalue weighted by Crippen LogP contribution is 2.49. The van der Waals surface area contributed by atoms with E-state index in [9.17, 15) is 0 Å². The van der Waals surface area contributed by atoms with Crippen LogP contribution in [-0.4, -0.2) is 11.3 Å². The fraction of sp³-hybridized carbons (Fsp3) is 0. The molecule has 0 fully saturated rings. The lowest BCUT2D eigenvalue weighted by Crippen LogP contribution is -2.56. The minimum atomic E-state index is 0.0602. The van der Waals surface area contributed by atoms with E-state index in [4.69, 9.17) is 0 Å². The van der Waals surface area contributed by atoms with E-state index in [0.29, 0.717) is 0 Å². The Kier molecular flexibility index (Phi) is 5.12. The van der Waals surface area contributed by atoms with E-state index in [2.05, 4.69) is 173 Å². The number of aromatic nitrogens is 1. The monoisotopic (exact) mass is 570 g/mol. The Morgan fingerprint density at radius 1 is 0.400 bits per heavy atom. The number of fused-ring (bicyclic) bond motifs is 7. The standard InChI is InChI=1S/C42H27BN2/c1-3-14-28(15-4-1)30-19-11-20-31(29-16-5-2-6-17-29)41(30)44-38-26-10-8-24-36(38)43-40-33(21-13-27-39(40)44)35-23-12-22-34-32-18-7-9-25-37(32)45(43)42(34)35/h1-27H. The molecule has 0 unspecified atom stereocenters. The maximum atomic E-state index is 2.61. The van der Waals surface area contributed by atoms with Crippen LogP contribution in [0.4, 0.5) is 17.1 Å². The molecule has 0 bridgehead atoms. The van der Waals surface area contributed by atoms with Crippen LogP contribution in [0.1, 0.15) is 0 Å². The van der Waals surface area contributed by atoms with Gasteiger partial charge in [0.2, 0.25) is 0 Å². The van der Waals surface area contributed by atoms with Crippen molar-refractivity contribution in [2.45, 2.75) is 0 Å². The molecule has 0 amide bonds. The van der Waals surface area contributed by atoms with Gasteiger partial charge in [0.05, 0.1) is 5.69 Å². The van der Waals surface area contributed by atoms with Gasteiger partial charge in [0.1, 0.15) is 0 Å². The van der Waals surface area contributed by atoms with Crippen molar-refractivity contribution in [2.24, 2.45) is 0 Å². The van der Waals surface area contributed by atoms with E-state index >= 15 is 0 Å². The van der Waals surface area contributed by atoms with Gasteiger partial charge in [0, 0.05) is 49.9 Å². The Labute approximate surface area is 262 Å². The van der Waals surface area contributed by atoms with E-state index in [0.717, 1.165) is 0 Å². The van der Waals surface area contributed by atoms with Crippen molar-refractivity contribution in [3.63, 3.8) is 0 Å². The molecule has 45 heavy (non-hydrogen) atoms. The first-order chi connectivity index (χ1) is 22.4. The lowest BCUT2D eigenvalue weighted by atomic mass is 9.45. The molecule has 7 aromatic carbocycles. The van der Waals surface area contributed by atoms with Crippen molar-refractivity contribution in [3.05, 3.63) is 164 Å². The molecular weight excluding hydrogens is 543 g/mol. The molecule has 2 aliphatic rings. The summed E-state index contributed by atoms with van der Waals surface area (Å²) in [6.07, 6.45) is 0. The molecule has 0 N–H and O–H groups in total. The second kappa shape index (κ2) is 9.35. The molecule has 0 radical (unpaired) electrons. The summed E-state index contributed by atoms with van der Waals surface area (Å²) < 4.78 is 2.61. The quantitative estimate of drug-likeness (QED) is 0.192. The van der Waals surface area contributed by atoms with Gasteiger partial charge < -0.3 is 9.38 Å². The molecule has 10 rings (SSSR count). The number of benzene rings is 7. The molecule has 3 heteroatoms. The highest BCUT2D eigenvalue weighted by Gasteiger charge is 2.42. The van der Waals surface area contributed by atoms with Crippen molar-refractivity contribution in [1.29, 1.82) is 0 Å². The summed E-state index contributed by atoms with van der Waals surface area (Å²) in [5.74, 6) is 0. The fourth-order valence-electron chi connectivity index (χ4n) is 8.01. The molecule has 0 spiro atoms. The second-order valence-corrected chi connectivity index (χ2v) is 12.1. The fourth-order valence-corrected chi connectivity index (χ4v) is 8.01. The van der Waals surface area contributed by atoms with Crippen LogP contribution < -0.4 is 15.8 Å². The first-order valence-electron chi connectivity index (χ1n) is 15.7. The molecule has 1 aromatic heterocycles. The number of hydrogen-bond acceptors (Lipinski definition) is 1. The van der Waals surface area contributed by atoms with Crippen LogP contribution >= 0.6 is 0 Å². The second-order valence-electron chi connectivity index (χ2n) is 12.1. The van der Waals surface area contributed by atoms with E-state index in [1.165, 1.54) is 83.2 Å². The smallest absolute Gasteiger partial charge is 0.333 e. The Bertz CT molecular complexity index is 2380. The highest BCUT2D eigenvalue weighted by molar-refractivity contribution is 6.90. The maximum absolute atomic E-state index is 2.61. The van der Waals surface area contributed by atoms with Gasteiger partial charge in [-0.15, -0.1) is 0 Å². The third-order valence-electron chi connectivity index (χ3n) is 9.78. The van der Waals surface area contributed by atoms with Gasteiger partial charge in [-0.1, -0.05) is 146 Å². The molecule has 208 valence electrons. The minimum Gasteiger partial charge on any atom is -0.375 e. The third kappa shape index (κ3) is 3.35. The molecule has 8 aromatic rings. The van der Waals surface area contributed by atoms with E-state index in [1.54, 1.807) is 0 Å². The third-order valence-corrected chi connectivity index (χ3v) is 9.78. The summed E-state index contributed by atoms with van der Waals surface area (Å²) >= 11 is 0. The SMILES string of the molecule is c1ccc(-c2cccc(-c3ccccc3)c2N2c3ccccc3B3c4c(cccc42)-c2cccc4c5ccccc5n3c24)cc1. The molecule has 2 nitrogen and oxygen atoms in total. The van der Waals surface area contributed by atoms with E-state index in [1.807, 2.05) is 0 Å². The summed E-state index contributed by atoms with van der Waals surface area (Å²) in [5.41, 5.74) is 16.4. The van der Waals surface area contributed by atoms with E-state index < -0.39 is 0 Å². The molecule has 0 saturated carbocycles. The molecule has 0 saturated heterocycles. The van der Waals surface area contributed by atoms with Gasteiger partial charge in [-0.25, -0.2) is 0 Å². The van der Waals surface area contributed by atoms with Crippen molar-refractivity contribution in [1.82, 2.24) is 4.48 Å². The topological polar surface area (TPSA) is 8.17 Å². The van der Waals surface area contributed by atoms with Crippen LogP contribution in [0.15, 0.2) is 164 Å². The zero-order valence-corrected chi connectivity index (χ0v) is 24.6. The van der Waals surface area contributed by atoms with Crippen LogP contribution in [0.5, 0.6) is 0 Å². The van der Waals surface area contributed by atoms with Crippen molar-refractivity contribution in [3.8, 4) is 33.4 Å². The largest absolute Gasteiger partial charge is 0.375 e. The Morgan fingerprint density at radius 2 is 0.956 bits per heavy atom. The predicted octanol–water partition coefficient (Wildman–Crippen LogP) is 9.55. The molecule has 3 heterocycles. The average molecular weight is 571 g/mol. The first-order valence-corrected chi connectivity index (χ1v) is 15.7. The van der Waals surface area contributed by atoms with Crippen LogP contribution in [0.3, 0.4) is 0 Å². The normalized spacial score (nSPS) is 12.8. The molecule has 0 aliphatic carbocycles. The highest BCUT2D eigenvalue weighted by atomic mass is 15.2. The zero-order chi connectivity index (χ0) is 29.5. The molecular formula is C42H27BN2. The van der Waals surface area contributed by atoms with Crippen molar-refractivity contribution >= 4 is 56.6 Å². The number of anilines is 3. The molecule has 0 atom stereocenters. The van der Waals surface area contributed by atoms with Crippen LogP contribution in [0.2, 0.25) is 0 Å². The van der Waals surface area contributed by atoms with E-state index in [-0.39, 0.29) is 6.85 Å². The average Bonchev–Trinajstić information content (AvgIpc) is 3.45. The van der Waals surface area contributed by atoms with Crippen LogP contribution in [-0.2, 0) is 0 Å². The summed E-state index contributed by atoms with van der Waals surface area (Å²) in [6.45, 7) is 0.0602. The summed E-state index contributed by atoms with van der Waals surface area (Å²) in [6, 6.07) is 60.1. The van der Waals surface area contributed by atoms with Crippen molar-refractivity contribution < 1.29 is 0 Å². The number of para-hydroxylation sites is 4. The lowest BCUT2D eigenvalue weighted by Gasteiger charge is -2.41. The zero-order valence-electron chi connectivity index (χ0n) is 24.6. The summed E-state index contributed by atoms with van der Waals surface area (Å²) in [5, 5.41) is 2.63. The Hall–Kier alpha value is -5.80. The maximum Gasteiger partial charge on any atom is 0.333 e. The summed E-state index contributed by atoms with van der Waals surface area (Å²) in [7, 11) is 0. The van der Waals surface area contributed by atoms with Crippen molar-refractivity contribution in [2.75, 3.05) is 4.90 Å². The Balaban J connectivity index is 1.35. The van der Waals surface area contributed by atoms with Gasteiger partial charge in [-0.05, 0) is 45.8 Å². The van der Waals surface area contributed by atoms with Crippen LogP contribution in [0.25, 0.3) is 55.2 Å². The number of rotatable bonds is 3. The predicted molar refractivity (Wildman–Crippen MR) is 191 cm³/mol.